The van der Waals surface area contributed by atoms with Crippen molar-refractivity contribution in [1.29, 1.82) is 0 Å². The quantitative estimate of drug-likeness (QED) is 0.681. The molecule has 0 radical (unpaired) electrons. The fourth-order valence-corrected chi connectivity index (χ4v) is 5.52. The third-order valence-electron chi connectivity index (χ3n) is 4.84. The molecule has 2 aliphatic heterocycles. The van der Waals surface area contributed by atoms with Gasteiger partial charge in [0.15, 0.2) is 9.84 Å². The van der Waals surface area contributed by atoms with Gasteiger partial charge in [-0.25, -0.2) is 13.2 Å². The third kappa shape index (κ3) is 7.23. The molecule has 2 heterocycles. The Morgan fingerprint density at radius 2 is 1.57 bits per heavy atom. The molecule has 2 atom stereocenters. The Bertz CT molecular complexity index is 673. The van der Waals surface area contributed by atoms with Crippen molar-refractivity contribution in [2.24, 2.45) is 5.41 Å². The summed E-state index contributed by atoms with van der Waals surface area (Å²) in [5.41, 5.74) is -0.0288. The van der Waals surface area contributed by atoms with Gasteiger partial charge in [0.25, 0.3) is 0 Å². The van der Waals surface area contributed by atoms with Gasteiger partial charge in [0.1, 0.15) is 0 Å². The number of aliphatic carboxylic acids is 1. The second kappa shape index (κ2) is 8.98. The largest absolute Gasteiger partial charge is 0.490 e. The van der Waals surface area contributed by atoms with Crippen LogP contribution in [-0.4, -0.2) is 85.1 Å². The van der Waals surface area contributed by atoms with E-state index in [1.165, 1.54) is 0 Å². The van der Waals surface area contributed by atoms with Gasteiger partial charge in [0.2, 0.25) is 5.91 Å². The molecule has 1 amide bonds. The van der Waals surface area contributed by atoms with E-state index in [4.69, 9.17) is 9.90 Å². The van der Waals surface area contributed by atoms with Crippen molar-refractivity contribution in [3.8, 4) is 0 Å². The van der Waals surface area contributed by atoms with Gasteiger partial charge in [-0.1, -0.05) is 20.8 Å². The number of carbonyl (C=O) groups is 2. The molecule has 0 aromatic rings. The predicted molar refractivity (Wildman–Crippen MR) is 97.6 cm³/mol. The number of hydrogen-bond donors (Lipinski definition) is 1. The molecule has 0 saturated carbocycles. The number of carboxylic acids is 1. The van der Waals surface area contributed by atoms with Crippen LogP contribution in [0.1, 0.15) is 40.0 Å². The second-order valence-corrected chi connectivity index (χ2v) is 10.8. The van der Waals surface area contributed by atoms with Crippen LogP contribution in [0, 0.1) is 5.41 Å². The van der Waals surface area contributed by atoms with E-state index in [-0.39, 0.29) is 28.4 Å². The summed E-state index contributed by atoms with van der Waals surface area (Å²) < 4.78 is 56.3. The van der Waals surface area contributed by atoms with Crippen molar-refractivity contribution < 1.29 is 36.3 Å². The van der Waals surface area contributed by atoms with Crippen molar-refractivity contribution >= 4 is 21.7 Å². The molecule has 28 heavy (non-hydrogen) atoms. The average molecular weight is 430 g/mol. The molecule has 2 fully saturated rings. The molecule has 0 aromatic heterocycles. The smallest absolute Gasteiger partial charge is 0.475 e. The van der Waals surface area contributed by atoms with Gasteiger partial charge in [-0.3, -0.25) is 4.79 Å². The maximum Gasteiger partial charge on any atom is 0.490 e. The predicted octanol–water partition coefficient (Wildman–Crippen LogP) is 1.78. The van der Waals surface area contributed by atoms with E-state index in [0.717, 1.165) is 6.42 Å². The van der Waals surface area contributed by atoms with Crippen LogP contribution in [0.5, 0.6) is 0 Å². The average Bonchev–Trinajstić information content (AvgIpc) is 2.73. The maximum absolute atomic E-state index is 12.4. The van der Waals surface area contributed by atoms with Crippen LogP contribution in [0.3, 0.4) is 0 Å². The number of nitrogens with zero attached hydrogens (tertiary/aromatic N) is 2. The van der Waals surface area contributed by atoms with Gasteiger partial charge < -0.3 is 14.9 Å². The van der Waals surface area contributed by atoms with Crippen molar-refractivity contribution in [3.63, 3.8) is 0 Å². The zero-order valence-electron chi connectivity index (χ0n) is 16.6. The molecule has 164 valence electrons. The summed E-state index contributed by atoms with van der Waals surface area (Å²) >= 11 is 0. The van der Waals surface area contributed by atoms with Crippen LogP contribution < -0.4 is 0 Å². The summed E-state index contributed by atoms with van der Waals surface area (Å²) in [6, 6.07) is 0.0659. The number of sulfone groups is 1. The van der Waals surface area contributed by atoms with Crippen LogP contribution in [0.15, 0.2) is 0 Å². The van der Waals surface area contributed by atoms with E-state index in [1.807, 2.05) is 11.9 Å². The molecule has 2 rings (SSSR count). The highest BCUT2D eigenvalue weighted by Gasteiger charge is 2.42. The third-order valence-corrected chi connectivity index (χ3v) is 7.06. The molecule has 0 aliphatic carbocycles. The lowest BCUT2D eigenvalue weighted by molar-refractivity contribution is -0.192. The summed E-state index contributed by atoms with van der Waals surface area (Å²) in [7, 11) is -1.00. The van der Waals surface area contributed by atoms with E-state index in [0.29, 0.717) is 32.5 Å². The minimum absolute atomic E-state index is 0.0288. The number of likely N-dealkylation sites (tertiary alicyclic amines) is 1. The van der Waals surface area contributed by atoms with E-state index in [2.05, 4.69) is 25.7 Å². The number of rotatable bonds is 1. The fourth-order valence-electron chi connectivity index (χ4n) is 3.39. The molecule has 2 saturated heterocycles. The lowest BCUT2D eigenvalue weighted by Crippen LogP contribution is -2.52. The Morgan fingerprint density at radius 1 is 1.07 bits per heavy atom. The lowest BCUT2D eigenvalue weighted by Gasteiger charge is -2.37. The van der Waals surface area contributed by atoms with Crippen LogP contribution in [0.25, 0.3) is 0 Å². The number of amides is 1. The van der Waals surface area contributed by atoms with Gasteiger partial charge in [0, 0.05) is 32.1 Å². The second-order valence-electron chi connectivity index (χ2n) is 8.45. The molecule has 7 nitrogen and oxygen atoms in total. The lowest BCUT2D eigenvalue weighted by atomic mass is 9.91. The van der Waals surface area contributed by atoms with E-state index >= 15 is 0 Å². The van der Waals surface area contributed by atoms with Crippen LogP contribution in [-0.2, 0) is 19.4 Å². The molecule has 2 aliphatic rings. The SMILES string of the molecule is CN1CCS(=O)(=O)[C@@H]2CCN(C(=O)CC(C)(C)C)CC[C@@H]21.O=C(O)C(F)(F)F. The Morgan fingerprint density at radius 3 is 2.04 bits per heavy atom. The monoisotopic (exact) mass is 430 g/mol. The summed E-state index contributed by atoms with van der Waals surface area (Å²) in [4.78, 5) is 25.3. The fraction of sp³-hybridized carbons (Fsp3) is 0.882. The minimum Gasteiger partial charge on any atom is -0.475 e. The Kier molecular flexibility index (Phi) is 7.91. The highest BCUT2D eigenvalue weighted by molar-refractivity contribution is 7.92. The molecule has 0 spiro atoms. The van der Waals surface area contributed by atoms with E-state index in [9.17, 15) is 26.4 Å². The minimum atomic E-state index is -5.08. The number of halogens is 3. The van der Waals surface area contributed by atoms with E-state index < -0.39 is 22.0 Å². The molecule has 1 N–H and O–H groups in total. The number of fused-ring (bicyclic) bond motifs is 1. The topological polar surface area (TPSA) is 95.0 Å². The molecule has 0 unspecified atom stereocenters. The van der Waals surface area contributed by atoms with Crippen LogP contribution in [0.4, 0.5) is 13.2 Å². The van der Waals surface area contributed by atoms with Gasteiger partial charge >= 0.3 is 12.1 Å². The van der Waals surface area contributed by atoms with Gasteiger partial charge in [-0.05, 0) is 25.3 Å². The highest BCUT2D eigenvalue weighted by atomic mass is 32.2. The van der Waals surface area contributed by atoms with Crippen molar-refractivity contribution in [1.82, 2.24) is 9.80 Å². The first-order chi connectivity index (χ1) is 12.5. The Hall–Kier alpha value is -1.36. The summed E-state index contributed by atoms with van der Waals surface area (Å²) in [6.07, 6.45) is -3.23. The highest BCUT2D eigenvalue weighted by Crippen LogP contribution is 2.28. The van der Waals surface area contributed by atoms with Gasteiger partial charge in [0.05, 0.1) is 11.0 Å². The van der Waals surface area contributed by atoms with Crippen molar-refractivity contribution in [2.75, 3.05) is 32.4 Å². The summed E-state index contributed by atoms with van der Waals surface area (Å²) in [5.74, 6) is -2.35. The van der Waals surface area contributed by atoms with Gasteiger partial charge in [-0.2, -0.15) is 13.2 Å². The van der Waals surface area contributed by atoms with Crippen LogP contribution in [0.2, 0.25) is 0 Å². The standard InChI is InChI=1S/C15H28N2O3S.C2HF3O2/c1-15(2,3)11-14(18)17-7-5-12-13(6-8-17)21(19,20)10-9-16(12)4;3-2(4,5)1(6)7/h12-13H,5-11H2,1-4H3;(H,6,7)/t12-,13+;/m0./s1. The van der Waals surface area contributed by atoms with Crippen molar-refractivity contribution in [3.05, 3.63) is 0 Å². The Balaban J connectivity index is 0.000000480. The first-order valence-corrected chi connectivity index (χ1v) is 10.8. The first-order valence-electron chi connectivity index (χ1n) is 9.04. The number of hydrogen-bond acceptors (Lipinski definition) is 5. The number of alkyl halides is 3. The summed E-state index contributed by atoms with van der Waals surface area (Å²) in [6.45, 7) is 8.03. The van der Waals surface area contributed by atoms with Gasteiger partial charge in [-0.15, -0.1) is 0 Å². The summed E-state index contributed by atoms with van der Waals surface area (Å²) in [5, 5.41) is 6.82. The molecule has 11 heteroatoms. The maximum atomic E-state index is 12.4. The number of carbonyl (C=O) groups excluding carboxylic acids is 1. The van der Waals surface area contributed by atoms with Crippen molar-refractivity contribution in [2.45, 2.75) is 57.5 Å². The van der Waals surface area contributed by atoms with Crippen LogP contribution >= 0.6 is 0 Å². The zero-order chi connectivity index (χ0) is 21.9. The van der Waals surface area contributed by atoms with E-state index in [1.54, 1.807) is 0 Å². The first kappa shape index (κ1) is 24.7. The zero-order valence-corrected chi connectivity index (χ0v) is 17.4. The Labute approximate surface area is 163 Å². The number of carboxylic acid groups (broad SMARTS) is 1. The normalized spacial score (nSPS) is 25.8. The molecule has 0 bridgehead atoms. The molecular weight excluding hydrogens is 401 g/mol. The molecule has 0 aromatic carbocycles. The molecular formula is C17H29F3N2O5S.